The Labute approximate surface area is 162 Å². The largest absolute Gasteiger partial charge is 0.375 e. The van der Waals surface area contributed by atoms with Gasteiger partial charge < -0.3 is 15.0 Å². The molecule has 1 amide bonds. The zero-order chi connectivity index (χ0) is 19.5. The molecule has 3 rings (SSSR count). The third kappa shape index (κ3) is 5.02. The van der Waals surface area contributed by atoms with Crippen LogP contribution in [0.3, 0.4) is 0 Å². The van der Waals surface area contributed by atoms with Crippen molar-refractivity contribution in [3.8, 4) is 0 Å². The van der Waals surface area contributed by atoms with Gasteiger partial charge in [-0.15, -0.1) is 0 Å². The zero-order valence-electron chi connectivity index (χ0n) is 16.2. The Bertz CT molecular complexity index is 763. The summed E-state index contributed by atoms with van der Waals surface area (Å²) in [5, 5.41) is 3.07. The Morgan fingerprint density at radius 2 is 2.07 bits per heavy atom. The Kier molecular flexibility index (Phi) is 6.11. The predicted octanol–water partition coefficient (Wildman–Crippen LogP) is 2.39. The van der Waals surface area contributed by atoms with Crippen LogP contribution in [0.4, 0.5) is 5.69 Å². The molecule has 2 fully saturated rings. The molecule has 150 valence electrons. The minimum absolute atomic E-state index is 0.0496. The first-order valence-corrected chi connectivity index (χ1v) is 11.6. The molecule has 2 heterocycles. The smallest absolute Gasteiger partial charge is 0.251 e. The fraction of sp³-hybridized carbons (Fsp3) is 0.650. The third-order valence-corrected chi connectivity index (χ3v) is 7.39. The number of nitrogens with one attached hydrogen (secondary N) is 1. The number of sulfone groups is 1. The van der Waals surface area contributed by atoms with Crippen molar-refractivity contribution >= 4 is 21.4 Å². The second-order valence-electron chi connectivity index (χ2n) is 7.86. The van der Waals surface area contributed by atoms with Gasteiger partial charge in [-0.1, -0.05) is 13.3 Å². The second-order valence-corrected chi connectivity index (χ2v) is 10.0. The molecule has 0 radical (unpaired) electrons. The van der Waals surface area contributed by atoms with Crippen LogP contribution in [-0.4, -0.2) is 57.7 Å². The molecular weight excluding hydrogens is 364 g/mol. The van der Waals surface area contributed by atoms with Crippen molar-refractivity contribution in [3.05, 3.63) is 29.8 Å². The molecular formula is C20H30N2O4S. The number of unbranched alkanes of at least 4 members (excludes halogenated alkanes) is 1. The van der Waals surface area contributed by atoms with Crippen molar-refractivity contribution in [1.82, 2.24) is 5.32 Å². The molecule has 2 aliphatic rings. The molecule has 2 saturated heterocycles. The number of carbonyl (C=O) groups excluding carboxylic acids is 1. The number of amides is 1. The quantitative estimate of drug-likeness (QED) is 0.802. The fourth-order valence-corrected chi connectivity index (χ4v) is 5.95. The maximum atomic E-state index is 12.6. The monoisotopic (exact) mass is 394 g/mol. The number of hydrogen-bond acceptors (Lipinski definition) is 5. The summed E-state index contributed by atoms with van der Waals surface area (Å²) in [6.07, 6.45) is 4.10. The van der Waals surface area contributed by atoms with Gasteiger partial charge in [-0.25, -0.2) is 8.42 Å². The zero-order valence-corrected chi connectivity index (χ0v) is 17.1. The molecule has 1 N–H and O–H groups in total. The lowest BCUT2D eigenvalue weighted by Gasteiger charge is -2.37. The van der Waals surface area contributed by atoms with Crippen molar-refractivity contribution in [2.75, 3.05) is 36.6 Å². The number of ether oxygens (including phenoxy) is 1. The Hall–Kier alpha value is -1.60. The maximum Gasteiger partial charge on any atom is 0.251 e. The van der Waals surface area contributed by atoms with Gasteiger partial charge >= 0.3 is 0 Å². The van der Waals surface area contributed by atoms with Crippen LogP contribution < -0.4 is 10.2 Å². The van der Waals surface area contributed by atoms with E-state index in [2.05, 4.69) is 24.2 Å². The van der Waals surface area contributed by atoms with E-state index in [1.54, 1.807) is 0 Å². The van der Waals surface area contributed by atoms with Crippen LogP contribution in [0.25, 0.3) is 0 Å². The van der Waals surface area contributed by atoms with Gasteiger partial charge in [0.15, 0.2) is 9.84 Å². The van der Waals surface area contributed by atoms with Gasteiger partial charge in [0.25, 0.3) is 5.91 Å². The Morgan fingerprint density at radius 3 is 2.70 bits per heavy atom. The molecule has 2 aliphatic heterocycles. The number of nitrogens with zero attached hydrogens (tertiary/aromatic N) is 1. The summed E-state index contributed by atoms with van der Waals surface area (Å²) in [7, 11) is -0.963. The summed E-state index contributed by atoms with van der Waals surface area (Å²) in [4.78, 5) is 14.8. The first kappa shape index (κ1) is 20.1. The van der Waals surface area contributed by atoms with Crippen molar-refractivity contribution in [1.29, 1.82) is 0 Å². The SMILES string of the molecule is CCCCN(C)c1ccc(C(=O)N[C@@H]2CCO[C@@]3(CCS(=O)(=O)C3)C2)cc1. The van der Waals surface area contributed by atoms with E-state index in [0.717, 1.165) is 25.1 Å². The highest BCUT2D eigenvalue weighted by Crippen LogP contribution is 2.35. The summed E-state index contributed by atoms with van der Waals surface area (Å²) in [5.41, 5.74) is 1.12. The number of carbonyl (C=O) groups is 1. The number of benzene rings is 1. The van der Waals surface area contributed by atoms with Crippen LogP contribution in [0.2, 0.25) is 0 Å². The van der Waals surface area contributed by atoms with Gasteiger partial charge in [-0.3, -0.25) is 4.79 Å². The van der Waals surface area contributed by atoms with Gasteiger partial charge in [0, 0.05) is 37.5 Å². The number of hydrogen-bond donors (Lipinski definition) is 1. The molecule has 0 aliphatic carbocycles. The maximum absolute atomic E-state index is 12.6. The summed E-state index contributed by atoms with van der Waals surface area (Å²) < 4.78 is 29.5. The molecule has 6 nitrogen and oxygen atoms in total. The van der Waals surface area contributed by atoms with Crippen LogP contribution in [0.1, 0.15) is 49.4 Å². The highest BCUT2D eigenvalue weighted by atomic mass is 32.2. The lowest BCUT2D eigenvalue weighted by Crippen LogP contribution is -2.49. The molecule has 1 aromatic carbocycles. The number of anilines is 1. The van der Waals surface area contributed by atoms with Gasteiger partial charge in [0.1, 0.15) is 0 Å². The average Bonchev–Trinajstić information content (AvgIpc) is 2.93. The van der Waals surface area contributed by atoms with Crippen LogP contribution >= 0.6 is 0 Å². The molecule has 1 aromatic rings. The Balaban J connectivity index is 1.58. The normalized spacial score (nSPS) is 26.8. The molecule has 0 aromatic heterocycles. The van der Waals surface area contributed by atoms with Gasteiger partial charge in [0.05, 0.1) is 17.1 Å². The summed E-state index contributed by atoms with van der Waals surface area (Å²) in [5.74, 6) is 0.145. The molecule has 0 unspecified atom stereocenters. The van der Waals surface area contributed by atoms with E-state index < -0.39 is 15.4 Å². The molecule has 2 atom stereocenters. The predicted molar refractivity (Wildman–Crippen MR) is 107 cm³/mol. The highest BCUT2D eigenvalue weighted by molar-refractivity contribution is 7.91. The van der Waals surface area contributed by atoms with E-state index in [0.29, 0.717) is 31.4 Å². The molecule has 0 saturated carbocycles. The first-order valence-electron chi connectivity index (χ1n) is 9.79. The van der Waals surface area contributed by atoms with Crippen molar-refractivity contribution in [2.45, 2.75) is 50.7 Å². The van der Waals surface area contributed by atoms with E-state index in [1.165, 1.54) is 0 Å². The number of rotatable bonds is 6. The lowest BCUT2D eigenvalue weighted by molar-refractivity contribution is -0.0690. The van der Waals surface area contributed by atoms with E-state index >= 15 is 0 Å². The van der Waals surface area contributed by atoms with Crippen LogP contribution in [-0.2, 0) is 14.6 Å². The molecule has 7 heteroatoms. The minimum atomic E-state index is -3.02. The van der Waals surface area contributed by atoms with Crippen molar-refractivity contribution in [2.24, 2.45) is 0 Å². The van der Waals surface area contributed by atoms with E-state index in [-0.39, 0.29) is 23.5 Å². The van der Waals surface area contributed by atoms with Crippen LogP contribution in [0, 0.1) is 0 Å². The lowest BCUT2D eigenvalue weighted by atomic mass is 9.89. The fourth-order valence-electron chi connectivity index (χ4n) is 3.97. The van der Waals surface area contributed by atoms with E-state index in [4.69, 9.17) is 4.74 Å². The standard InChI is InChI=1S/C20H30N2O4S/c1-3-4-11-22(2)18-7-5-16(6-8-18)19(23)21-17-9-12-26-20(14-17)10-13-27(24,25)15-20/h5-8,17H,3-4,9-15H2,1-2H3,(H,21,23)/t17-,20+/m1/s1. The Morgan fingerprint density at radius 1 is 1.33 bits per heavy atom. The second kappa shape index (κ2) is 8.19. The first-order chi connectivity index (χ1) is 12.8. The van der Waals surface area contributed by atoms with Crippen LogP contribution in [0.5, 0.6) is 0 Å². The van der Waals surface area contributed by atoms with Gasteiger partial charge in [-0.2, -0.15) is 0 Å². The molecule has 1 spiro atoms. The highest BCUT2D eigenvalue weighted by Gasteiger charge is 2.46. The average molecular weight is 395 g/mol. The van der Waals surface area contributed by atoms with E-state index in [9.17, 15) is 13.2 Å². The third-order valence-electron chi connectivity index (χ3n) is 5.60. The molecule has 0 bridgehead atoms. The van der Waals surface area contributed by atoms with Gasteiger partial charge in [0.2, 0.25) is 0 Å². The van der Waals surface area contributed by atoms with Crippen molar-refractivity contribution < 1.29 is 17.9 Å². The summed E-state index contributed by atoms with van der Waals surface area (Å²) in [6.45, 7) is 3.65. The van der Waals surface area contributed by atoms with E-state index in [1.807, 2.05) is 24.3 Å². The minimum Gasteiger partial charge on any atom is -0.375 e. The molecule has 27 heavy (non-hydrogen) atoms. The summed E-state index contributed by atoms with van der Waals surface area (Å²) in [6, 6.07) is 7.59. The summed E-state index contributed by atoms with van der Waals surface area (Å²) >= 11 is 0. The van der Waals surface area contributed by atoms with Crippen LogP contribution in [0.15, 0.2) is 24.3 Å². The van der Waals surface area contributed by atoms with Crippen molar-refractivity contribution in [3.63, 3.8) is 0 Å². The topological polar surface area (TPSA) is 75.7 Å². The van der Waals surface area contributed by atoms with Gasteiger partial charge in [-0.05, 0) is 49.9 Å².